The van der Waals surface area contributed by atoms with E-state index in [1.165, 1.54) is 4.90 Å². The molecule has 31 heavy (non-hydrogen) atoms. The van der Waals surface area contributed by atoms with Crippen molar-refractivity contribution < 1.29 is 9.21 Å². The first-order valence-electron chi connectivity index (χ1n) is 10.6. The average molecular weight is 438 g/mol. The highest BCUT2D eigenvalue weighted by Crippen LogP contribution is 2.24. The number of hydrogen-bond acceptors (Lipinski definition) is 7. The van der Waals surface area contributed by atoms with Gasteiger partial charge in [0.15, 0.2) is 5.76 Å². The number of hydrogen-bond donors (Lipinski definition) is 1. The van der Waals surface area contributed by atoms with Crippen molar-refractivity contribution >= 4 is 23.6 Å². The van der Waals surface area contributed by atoms with E-state index >= 15 is 0 Å². The second kappa shape index (κ2) is 11.0. The number of anilines is 1. The van der Waals surface area contributed by atoms with Crippen LogP contribution in [0.5, 0.6) is 0 Å². The van der Waals surface area contributed by atoms with Gasteiger partial charge in [0.2, 0.25) is 5.95 Å². The smallest absolute Gasteiger partial charge is 0.287 e. The second-order valence-corrected chi connectivity index (χ2v) is 8.41. The Morgan fingerprint density at radius 1 is 1.03 bits per heavy atom. The lowest BCUT2D eigenvalue weighted by molar-refractivity contribution is 0.0923. The van der Waals surface area contributed by atoms with Crippen LogP contribution in [0.1, 0.15) is 22.5 Å². The summed E-state index contributed by atoms with van der Waals surface area (Å²) in [5.41, 5.74) is 0.922. The van der Waals surface area contributed by atoms with Crippen molar-refractivity contribution in [2.24, 2.45) is 0 Å². The Hall–Kier alpha value is -2.84. The molecule has 0 saturated carbocycles. The minimum atomic E-state index is -0.139. The molecule has 1 N–H and O–H groups in total. The normalized spacial score (nSPS) is 14.5. The number of thioether (sulfide) groups is 1. The molecule has 4 rings (SSSR count). The summed E-state index contributed by atoms with van der Waals surface area (Å²) < 4.78 is 5.46. The molecular weight excluding hydrogens is 410 g/mol. The van der Waals surface area contributed by atoms with Gasteiger partial charge in [0.1, 0.15) is 0 Å². The van der Waals surface area contributed by atoms with Gasteiger partial charge in [-0.15, -0.1) is 11.8 Å². The zero-order chi connectivity index (χ0) is 21.3. The third kappa shape index (κ3) is 6.08. The second-order valence-electron chi connectivity index (χ2n) is 7.36. The van der Waals surface area contributed by atoms with E-state index in [1.54, 1.807) is 30.4 Å². The van der Waals surface area contributed by atoms with E-state index < -0.39 is 0 Å². The fraction of sp³-hybridized carbons (Fsp3) is 0.348. The lowest BCUT2D eigenvalue weighted by Gasteiger charge is -2.34. The standard InChI is InChI=1S/C23H27N5O2S/c29-22(21-19(8-17-30-21)18-31-20-6-2-1-3-7-20)24-11-5-12-27-13-15-28(16-14-27)23-25-9-4-10-26-23/h1-4,6-10,17H,5,11-16,18H2,(H,24,29). The Morgan fingerprint density at radius 2 is 1.81 bits per heavy atom. The number of piperazine rings is 1. The largest absolute Gasteiger partial charge is 0.459 e. The third-order valence-corrected chi connectivity index (χ3v) is 6.30. The molecule has 7 nitrogen and oxygen atoms in total. The molecule has 1 aliphatic heterocycles. The van der Waals surface area contributed by atoms with Crippen LogP contribution in [0.4, 0.5) is 5.95 Å². The fourth-order valence-corrected chi connectivity index (χ4v) is 4.44. The summed E-state index contributed by atoms with van der Waals surface area (Å²) in [6, 6.07) is 13.9. The topological polar surface area (TPSA) is 74.5 Å². The van der Waals surface area contributed by atoms with Crippen LogP contribution in [0.25, 0.3) is 0 Å². The minimum Gasteiger partial charge on any atom is -0.459 e. The monoisotopic (exact) mass is 437 g/mol. The number of rotatable bonds is 9. The summed E-state index contributed by atoms with van der Waals surface area (Å²) in [6.07, 6.45) is 6.05. The van der Waals surface area contributed by atoms with E-state index in [1.807, 2.05) is 30.3 Å². The maximum atomic E-state index is 12.5. The molecule has 2 aromatic heterocycles. The van der Waals surface area contributed by atoms with E-state index in [9.17, 15) is 4.79 Å². The van der Waals surface area contributed by atoms with Crippen LogP contribution in [-0.4, -0.2) is 60.0 Å². The molecule has 0 radical (unpaired) electrons. The van der Waals surface area contributed by atoms with Crippen molar-refractivity contribution in [3.63, 3.8) is 0 Å². The maximum absolute atomic E-state index is 12.5. The maximum Gasteiger partial charge on any atom is 0.287 e. The van der Waals surface area contributed by atoms with Gasteiger partial charge >= 0.3 is 0 Å². The molecule has 3 aromatic rings. The van der Waals surface area contributed by atoms with E-state index in [0.717, 1.165) is 50.7 Å². The van der Waals surface area contributed by atoms with Gasteiger partial charge in [-0.3, -0.25) is 9.69 Å². The van der Waals surface area contributed by atoms with Crippen molar-refractivity contribution in [2.45, 2.75) is 17.1 Å². The van der Waals surface area contributed by atoms with Crippen LogP contribution >= 0.6 is 11.8 Å². The zero-order valence-corrected chi connectivity index (χ0v) is 18.3. The van der Waals surface area contributed by atoms with Crippen molar-refractivity contribution in [2.75, 3.05) is 44.2 Å². The molecular formula is C23H27N5O2S. The van der Waals surface area contributed by atoms with Crippen molar-refractivity contribution in [3.05, 3.63) is 72.4 Å². The van der Waals surface area contributed by atoms with E-state index in [0.29, 0.717) is 18.1 Å². The Morgan fingerprint density at radius 3 is 2.58 bits per heavy atom. The Bertz CT molecular complexity index is 943. The summed E-state index contributed by atoms with van der Waals surface area (Å²) >= 11 is 1.70. The molecule has 0 bridgehead atoms. The van der Waals surface area contributed by atoms with Crippen molar-refractivity contribution in [3.8, 4) is 0 Å². The van der Waals surface area contributed by atoms with Crippen LogP contribution in [0.15, 0.2) is 70.4 Å². The lowest BCUT2D eigenvalue weighted by Crippen LogP contribution is -2.47. The van der Waals surface area contributed by atoms with Gasteiger partial charge in [0, 0.05) is 61.3 Å². The van der Waals surface area contributed by atoms with Gasteiger partial charge in [0.25, 0.3) is 5.91 Å². The van der Waals surface area contributed by atoms with Gasteiger partial charge in [-0.25, -0.2) is 9.97 Å². The van der Waals surface area contributed by atoms with Crippen LogP contribution in [0.3, 0.4) is 0 Å². The van der Waals surface area contributed by atoms with E-state index in [4.69, 9.17) is 4.42 Å². The molecule has 162 valence electrons. The number of carbonyl (C=O) groups excluding carboxylic acids is 1. The first-order chi connectivity index (χ1) is 15.3. The van der Waals surface area contributed by atoms with Crippen LogP contribution in [-0.2, 0) is 5.75 Å². The Kier molecular flexibility index (Phi) is 7.57. The number of aromatic nitrogens is 2. The number of furan rings is 1. The summed E-state index contributed by atoms with van der Waals surface area (Å²) in [5.74, 6) is 1.78. The third-order valence-electron chi connectivity index (χ3n) is 5.23. The molecule has 8 heteroatoms. The van der Waals surface area contributed by atoms with E-state index in [-0.39, 0.29) is 5.91 Å². The molecule has 1 aliphatic rings. The number of nitrogens with zero attached hydrogens (tertiary/aromatic N) is 4. The number of benzene rings is 1. The zero-order valence-electron chi connectivity index (χ0n) is 17.4. The molecule has 1 aromatic carbocycles. The summed E-state index contributed by atoms with van der Waals surface area (Å²) in [5, 5.41) is 3.00. The molecule has 0 unspecified atom stereocenters. The van der Waals surface area contributed by atoms with Crippen molar-refractivity contribution in [1.29, 1.82) is 0 Å². The molecule has 0 aliphatic carbocycles. The van der Waals surface area contributed by atoms with E-state index in [2.05, 4.69) is 37.2 Å². The van der Waals surface area contributed by atoms with Gasteiger partial charge in [-0.2, -0.15) is 0 Å². The first-order valence-corrected chi connectivity index (χ1v) is 11.5. The highest BCUT2D eigenvalue weighted by Gasteiger charge is 2.19. The van der Waals surface area contributed by atoms with Crippen LogP contribution in [0.2, 0.25) is 0 Å². The predicted molar refractivity (Wildman–Crippen MR) is 122 cm³/mol. The Balaban J connectivity index is 1.16. The number of carbonyl (C=O) groups is 1. The molecule has 1 amide bonds. The summed E-state index contributed by atoms with van der Waals surface area (Å²) in [6.45, 7) is 5.39. The lowest BCUT2D eigenvalue weighted by atomic mass is 10.2. The molecule has 0 spiro atoms. The quantitative estimate of drug-likeness (QED) is 0.407. The van der Waals surface area contributed by atoms with Gasteiger partial charge in [-0.1, -0.05) is 18.2 Å². The minimum absolute atomic E-state index is 0.139. The molecule has 0 atom stereocenters. The number of amides is 1. The van der Waals surface area contributed by atoms with Gasteiger partial charge in [0.05, 0.1) is 6.26 Å². The highest BCUT2D eigenvalue weighted by molar-refractivity contribution is 7.98. The van der Waals surface area contributed by atoms with Crippen LogP contribution in [0, 0.1) is 0 Å². The summed E-state index contributed by atoms with van der Waals surface area (Å²) in [7, 11) is 0. The van der Waals surface area contributed by atoms with Gasteiger partial charge in [-0.05, 0) is 37.2 Å². The van der Waals surface area contributed by atoms with Crippen LogP contribution < -0.4 is 10.2 Å². The van der Waals surface area contributed by atoms with Gasteiger partial charge < -0.3 is 14.6 Å². The average Bonchev–Trinajstić information content (AvgIpc) is 3.31. The summed E-state index contributed by atoms with van der Waals surface area (Å²) in [4.78, 5) is 27.0. The molecule has 1 saturated heterocycles. The molecule has 3 heterocycles. The molecule has 1 fully saturated rings. The first kappa shape index (κ1) is 21.4. The predicted octanol–water partition coefficient (Wildman–Crippen LogP) is 3.30. The number of nitrogens with one attached hydrogen (secondary N) is 1. The highest BCUT2D eigenvalue weighted by atomic mass is 32.2. The Labute approximate surface area is 186 Å². The fourth-order valence-electron chi connectivity index (χ4n) is 3.54. The van der Waals surface area contributed by atoms with Crippen molar-refractivity contribution in [1.82, 2.24) is 20.2 Å². The SMILES string of the molecule is O=C(NCCCN1CCN(c2ncccn2)CC1)c1occc1CSc1ccccc1.